The van der Waals surface area contributed by atoms with Crippen LogP contribution in [0.15, 0.2) is 77.7 Å². The van der Waals surface area contributed by atoms with Crippen LogP contribution in [-0.4, -0.2) is 11.6 Å². The Morgan fingerprint density at radius 1 is 1.04 bits per heavy atom. The third-order valence-electron chi connectivity index (χ3n) is 4.48. The van der Waals surface area contributed by atoms with E-state index in [0.29, 0.717) is 12.5 Å². The summed E-state index contributed by atoms with van der Waals surface area (Å²) in [6, 6.07) is 21.9. The van der Waals surface area contributed by atoms with Crippen molar-refractivity contribution < 1.29 is 9.15 Å². The van der Waals surface area contributed by atoms with E-state index in [9.17, 15) is 0 Å². The molecule has 4 heteroatoms. The number of aryl methyl sites for hydroxylation is 1. The highest BCUT2D eigenvalue weighted by Gasteiger charge is 2.08. The molecule has 4 nitrogen and oxygen atoms in total. The third kappa shape index (κ3) is 3.76. The highest BCUT2D eigenvalue weighted by atomic mass is 16.5. The van der Waals surface area contributed by atoms with E-state index in [1.165, 1.54) is 5.56 Å². The van der Waals surface area contributed by atoms with Gasteiger partial charge in [-0.15, -0.1) is 0 Å². The molecule has 0 aliphatic rings. The summed E-state index contributed by atoms with van der Waals surface area (Å²) < 4.78 is 11.3. The lowest BCUT2D eigenvalue weighted by Gasteiger charge is -2.11. The molecule has 1 heterocycles. The SMILES string of the molecule is C=C(Nc1ccc(-c2nc3cc(C)ccc3o2)cc1)c1ccc(OCC)cc1. The average Bonchev–Trinajstić information content (AvgIpc) is 3.12. The minimum absolute atomic E-state index is 0.623. The Hall–Kier alpha value is -3.53. The Bertz CT molecular complexity index is 1110. The summed E-state index contributed by atoms with van der Waals surface area (Å²) in [5, 5.41) is 3.34. The number of nitrogens with one attached hydrogen (secondary N) is 1. The van der Waals surface area contributed by atoms with Gasteiger partial charge in [0.05, 0.1) is 6.61 Å². The van der Waals surface area contributed by atoms with Crippen LogP contribution in [0.3, 0.4) is 0 Å². The van der Waals surface area contributed by atoms with E-state index in [0.717, 1.165) is 39.4 Å². The number of hydrogen-bond acceptors (Lipinski definition) is 4. The number of anilines is 1. The molecule has 1 N–H and O–H groups in total. The number of rotatable bonds is 6. The molecule has 0 atom stereocenters. The van der Waals surface area contributed by atoms with Crippen LogP contribution >= 0.6 is 0 Å². The topological polar surface area (TPSA) is 47.3 Å². The maximum absolute atomic E-state index is 5.87. The zero-order valence-corrected chi connectivity index (χ0v) is 16.0. The van der Waals surface area contributed by atoms with Crippen molar-refractivity contribution >= 4 is 22.5 Å². The Labute approximate surface area is 164 Å². The molecule has 0 aliphatic carbocycles. The second-order valence-corrected chi connectivity index (χ2v) is 6.63. The second kappa shape index (κ2) is 7.61. The largest absolute Gasteiger partial charge is 0.494 e. The quantitative estimate of drug-likeness (QED) is 0.433. The molecule has 0 amide bonds. The predicted octanol–water partition coefficient (Wildman–Crippen LogP) is 6.28. The van der Waals surface area contributed by atoms with Gasteiger partial charge in [-0.05, 0) is 85.6 Å². The molecule has 0 bridgehead atoms. The van der Waals surface area contributed by atoms with E-state index in [1.807, 2.05) is 80.6 Å². The lowest BCUT2D eigenvalue weighted by atomic mass is 10.1. The Morgan fingerprint density at radius 3 is 2.50 bits per heavy atom. The molecule has 1 aromatic heterocycles. The van der Waals surface area contributed by atoms with Crippen LogP contribution in [0.4, 0.5) is 5.69 Å². The molecule has 0 fully saturated rings. The first kappa shape index (κ1) is 17.9. The molecule has 4 aromatic rings. The molecule has 28 heavy (non-hydrogen) atoms. The zero-order chi connectivity index (χ0) is 19.5. The summed E-state index contributed by atoms with van der Waals surface area (Å²) in [5.74, 6) is 1.48. The molecule has 0 saturated carbocycles. The molecule has 4 rings (SSSR count). The van der Waals surface area contributed by atoms with Gasteiger partial charge in [-0.1, -0.05) is 12.6 Å². The van der Waals surface area contributed by atoms with E-state index in [-0.39, 0.29) is 0 Å². The van der Waals surface area contributed by atoms with Gasteiger partial charge < -0.3 is 14.5 Å². The normalized spacial score (nSPS) is 10.8. The Balaban J connectivity index is 1.48. The lowest BCUT2D eigenvalue weighted by molar-refractivity contribution is 0.340. The van der Waals surface area contributed by atoms with Gasteiger partial charge in [-0.25, -0.2) is 4.98 Å². The van der Waals surface area contributed by atoms with Gasteiger partial charge in [0.1, 0.15) is 11.3 Å². The number of ether oxygens (including phenoxy) is 1. The zero-order valence-electron chi connectivity index (χ0n) is 16.0. The summed E-state index contributed by atoms with van der Waals surface area (Å²) in [4.78, 5) is 4.59. The molecule has 0 spiro atoms. The van der Waals surface area contributed by atoms with Crippen LogP contribution in [0.2, 0.25) is 0 Å². The van der Waals surface area contributed by atoms with E-state index >= 15 is 0 Å². The standard InChI is InChI=1S/C24H22N2O2/c1-4-27-21-12-8-18(9-13-21)17(3)25-20-10-6-19(7-11-20)24-26-22-15-16(2)5-14-23(22)28-24/h5-15,25H,3-4H2,1-2H3. The van der Waals surface area contributed by atoms with Crippen molar-refractivity contribution in [2.75, 3.05) is 11.9 Å². The van der Waals surface area contributed by atoms with E-state index in [1.54, 1.807) is 0 Å². The van der Waals surface area contributed by atoms with Crippen LogP contribution in [-0.2, 0) is 0 Å². The molecule has 140 valence electrons. The summed E-state index contributed by atoms with van der Waals surface area (Å²) in [6.45, 7) is 8.81. The second-order valence-electron chi connectivity index (χ2n) is 6.63. The summed E-state index contributed by atoms with van der Waals surface area (Å²) >= 11 is 0. The first-order chi connectivity index (χ1) is 13.6. The van der Waals surface area contributed by atoms with Gasteiger partial charge in [-0.2, -0.15) is 0 Å². The van der Waals surface area contributed by atoms with Gasteiger partial charge >= 0.3 is 0 Å². The van der Waals surface area contributed by atoms with Crippen LogP contribution < -0.4 is 10.1 Å². The smallest absolute Gasteiger partial charge is 0.227 e. The molecular formula is C24H22N2O2. The molecule has 0 radical (unpaired) electrons. The highest BCUT2D eigenvalue weighted by molar-refractivity contribution is 5.78. The number of nitrogens with zero attached hydrogens (tertiary/aromatic N) is 1. The van der Waals surface area contributed by atoms with Crippen molar-refractivity contribution in [2.24, 2.45) is 0 Å². The molecular weight excluding hydrogens is 348 g/mol. The van der Waals surface area contributed by atoms with Crippen LogP contribution in [0.1, 0.15) is 18.1 Å². The van der Waals surface area contributed by atoms with Crippen LogP contribution in [0, 0.1) is 6.92 Å². The number of oxazole rings is 1. The van der Waals surface area contributed by atoms with E-state index < -0.39 is 0 Å². The number of fused-ring (bicyclic) bond motifs is 1. The van der Waals surface area contributed by atoms with Crippen LogP contribution in [0.5, 0.6) is 5.75 Å². The average molecular weight is 370 g/mol. The van der Waals surface area contributed by atoms with Gasteiger partial charge in [-0.3, -0.25) is 0 Å². The molecule has 3 aromatic carbocycles. The van der Waals surface area contributed by atoms with Crippen LogP contribution in [0.25, 0.3) is 28.3 Å². The van der Waals surface area contributed by atoms with E-state index in [2.05, 4.69) is 16.9 Å². The van der Waals surface area contributed by atoms with E-state index in [4.69, 9.17) is 9.15 Å². The molecule has 0 aliphatic heterocycles. The fraction of sp³-hybridized carbons (Fsp3) is 0.125. The van der Waals surface area contributed by atoms with Crippen molar-refractivity contribution in [3.8, 4) is 17.2 Å². The monoisotopic (exact) mass is 370 g/mol. The summed E-state index contributed by atoms with van der Waals surface area (Å²) in [5.41, 5.74) is 6.57. The fourth-order valence-corrected chi connectivity index (χ4v) is 3.02. The van der Waals surface area contributed by atoms with Gasteiger partial charge in [0.25, 0.3) is 0 Å². The molecule has 0 unspecified atom stereocenters. The maximum Gasteiger partial charge on any atom is 0.227 e. The Kier molecular flexibility index (Phi) is 4.85. The summed E-state index contributed by atoms with van der Waals surface area (Å²) in [7, 11) is 0. The first-order valence-corrected chi connectivity index (χ1v) is 9.29. The highest BCUT2D eigenvalue weighted by Crippen LogP contribution is 2.27. The van der Waals surface area contributed by atoms with Gasteiger partial charge in [0.2, 0.25) is 5.89 Å². The number of hydrogen-bond donors (Lipinski definition) is 1. The minimum atomic E-state index is 0.623. The Morgan fingerprint density at radius 2 is 1.79 bits per heavy atom. The van der Waals surface area contributed by atoms with Gasteiger partial charge in [0, 0.05) is 16.9 Å². The van der Waals surface area contributed by atoms with Crippen molar-refractivity contribution in [3.05, 3.63) is 84.4 Å². The lowest BCUT2D eigenvalue weighted by Crippen LogP contribution is -1.98. The summed E-state index contributed by atoms with van der Waals surface area (Å²) in [6.07, 6.45) is 0. The van der Waals surface area contributed by atoms with Crippen molar-refractivity contribution in [1.82, 2.24) is 4.98 Å². The number of benzene rings is 3. The molecule has 0 saturated heterocycles. The predicted molar refractivity (Wildman–Crippen MR) is 114 cm³/mol. The fourth-order valence-electron chi connectivity index (χ4n) is 3.02. The first-order valence-electron chi connectivity index (χ1n) is 9.29. The third-order valence-corrected chi connectivity index (χ3v) is 4.48. The van der Waals surface area contributed by atoms with Gasteiger partial charge in [0.15, 0.2) is 5.58 Å². The van der Waals surface area contributed by atoms with Crippen molar-refractivity contribution in [1.29, 1.82) is 0 Å². The van der Waals surface area contributed by atoms with Crippen molar-refractivity contribution in [2.45, 2.75) is 13.8 Å². The maximum atomic E-state index is 5.87. The van der Waals surface area contributed by atoms with Crippen molar-refractivity contribution in [3.63, 3.8) is 0 Å². The number of aromatic nitrogens is 1. The minimum Gasteiger partial charge on any atom is -0.494 e.